The van der Waals surface area contributed by atoms with Gasteiger partial charge in [0.15, 0.2) is 11.4 Å². The van der Waals surface area contributed by atoms with Crippen LogP contribution >= 0.6 is 0 Å². The largest absolute Gasteiger partial charge is 0.364 e. The van der Waals surface area contributed by atoms with Crippen molar-refractivity contribution in [1.29, 1.82) is 0 Å². The molecule has 22 heavy (non-hydrogen) atoms. The second-order valence-corrected chi connectivity index (χ2v) is 6.58. The molecule has 2 amide bonds. The monoisotopic (exact) mass is 305 g/mol. The first-order chi connectivity index (χ1) is 10.5. The minimum atomic E-state index is -0.634. The number of likely N-dealkylation sites (tertiary alicyclic amines) is 1. The van der Waals surface area contributed by atoms with Crippen LogP contribution in [0.4, 0.5) is 0 Å². The van der Waals surface area contributed by atoms with Crippen LogP contribution in [0.1, 0.15) is 37.2 Å². The van der Waals surface area contributed by atoms with Crippen molar-refractivity contribution in [1.82, 2.24) is 15.0 Å². The molecule has 7 heteroatoms. The summed E-state index contributed by atoms with van der Waals surface area (Å²) in [5.41, 5.74) is -0.354. The lowest BCUT2D eigenvalue weighted by molar-refractivity contribution is -0.139. The minimum Gasteiger partial charge on any atom is -0.364 e. The Kier molecular flexibility index (Phi) is 2.84. The summed E-state index contributed by atoms with van der Waals surface area (Å²) in [6.07, 6.45) is 2.37. The molecule has 7 nitrogen and oxygen atoms in total. The van der Waals surface area contributed by atoms with Gasteiger partial charge >= 0.3 is 0 Å². The van der Waals surface area contributed by atoms with Gasteiger partial charge in [0, 0.05) is 19.0 Å². The summed E-state index contributed by atoms with van der Waals surface area (Å²) in [5.74, 6) is 0.225. The molecule has 0 radical (unpaired) electrons. The SMILES string of the molecule is CC(C)[C@@H]1CO[C@@]23CCN(C(=O)c4ccon4)[C@@H]2CC(=O)N13. The molecule has 0 bridgehead atoms. The Balaban J connectivity index is 1.65. The molecule has 4 rings (SSSR count). The number of rotatable bonds is 2. The highest BCUT2D eigenvalue weighted by molar-refractivity contribution is 5.94. The van der Waals surface area contributed by atoms with Gasteiger partial charge in [-0.3, -0.25) is 9.59 Å². The molecular formula is C15H19N3O4. The molecule has 3 saturated heterocycles. The quantitative estimate of drug-likeness (QED) is 0.810. The van der Waals surface area contributed by atoms with Gasteiger partial charge < -0.3 is 19.1 Å². The van der Waals surface area contributed by atoms with Crippen LogP contribution in [0.15, 0.2) is 16.9 Å². The fourth-order valence-corrected chi connectivity index (χ4v) is 4.08. The van der Waals surface area contributed by atoms with Crippen LogP contribution < -0.4 is 0 Å². The normalized spacial score (nSPS) is 33.7. The van der Waals surface area contributed by atoms with E-state index in [0.717, 1.165) is 0 Å². The molecule has 3 aliphatic rings. The Labute approximate surface area is 128 Å². The van der Waals surface area contributed by atoms with Crippen LogP contribution in [0, 0.1) is 5.92 Å². The van der Waals surface area contributed by atoms with E-state index in [-0.39, 0.29) is 29.6 Å². The van der Waals surface area contributed by atoms with E-state index in [1.807, 2.05) is 4.90 Å². The van der Waals surface area contributed by atoms with E-state index in [0.29, 0.717) is 31.9 Å². The third-order valence-corrected chi connectivity index (χ3v) is 5.18. The predicted molar refractivity (Wildman–Crippen MR) is 74.7 cm³/mol. The first kappa shape index (κ1) is 13.8. The van der Waals surface area contributed by atoms with Crippen LogP contribution in [0.25, 0.3) is 0 Å². The highest BCUT2D eigenvalue weighted by Crippen LogP contribution is 2.49. The summed E-state index contributed by atoms with van der Waals surface area (Å²) in [7, 11) is 0. The zero-order valence-corrected chi connectivity index (χ0v) is 12.7. The minimum absolute atomic E-state index is 0.0823. The third-order valence-electron chi connectivity index (χ3n) is 5.18. The number of hydrogen-bond acceptors (Lipinski definition) is 5. The Morgan fingerprint density at radius 1 is 1.50 bits per heavy atom. The van der Waals surface area contributed by atoms with E-state index in [1.54, 1.807) is 11.0 Å². The van der Waals surface area contributed by atoms with Crippen molar-refractivity contribution < 1.29 is 18.8 Å². The van der Waals surface area contributed by atoms with Gasteiger partial charge in [-0.05, 0) is 5.92 Å². The van der Waals surface area contributed by atoms with Crippen molar-refractivity contribution in [3.63, 3.8) is 0 Å². The zero-order chi connectivity index (χ0) is 15.5. The molecule has 0 aromatic carbocycles. The van der Waals surface area contributed by atoms with Gasteiger partial charge in [0.05, 0.1) is 25.1 Å². The molecule has 0 unspecified atom stereocenters. The van der Waals surface area contributed by atoms with E-state index in [4.69, 9.17) is 9.26 Å². The predicted octanol–water partition coefficient (Wildman–Crippen LogP) is 0.873. The van der Waals surface area contributed by atoms with Gasteiger partial charge in [-0.2, -0.15) is 0 Å². The van der Waals surface area contributed by atoms with Gasteiger partial charge in [-0.15, -0.1) is 0 Å². The first-order valence-electron chi connectivity index (χ1n) is 7.72. The van der Waals surface area contributed by atoms with E-state index in [2.05, 4.69) is 19.0 Å². The molecule has 0 saturated carbocycles. The fraction of sp³-hybridized carbons (Fsp3) is 0.667. The van der Waals surface area contributed by atoms with E-state index in [1.165, 1.54) is 6.26 Å². The number of carbonyl (C=O) groups is 2. The molecule has 1 spiro atoms. The number of amides is 2. The fourth-order valence-electron chi connectivity index (χ4n) is 4.08. The zero-order valence-electron chi connectivity index (χ0n) is 12.7. The first-order valence-corrected chi connectivity index (χ1v) is 7.72. The smallest absolute Gasteiger partial charge is 0.276 e. The maximum absolute atomic E-state index is 12.6. The molecule has 3 aliphatic heterocycles. The highest BCUT2D eigenvalue weighted by atomic mass is 16.5. The molecule has 0 N–H and O–H groups in total. The van der Waals surface area contributed by atoms with Crippen molar-refractivity contribution >= 4 is 11.8 Å². The Morgan fingerprint density at radius 2 is 2.32 bits per heavy atom. The molecule has 118 valence electrons. The lowest BCUT2D eigenvalue weighted by Gasteiger charge is -2.34. The summed E-state index contributed by atoms with van der Waals surface area (Å²) in [6.45, 7) is 5.32. The second-order valence-electron chi connectivity index (χ2n) is 6.58. The van der Waals surface area contributed by atoms with E-state index < -0.39 is 5.72 Å². The molecule has 1 aromatic heterocycles. The average molecular weight is 305 g/mol. The average Bonchev–Trinajstić information content (AvgIpc) is 3.20. The topological polar surface area (TPSA) is 75.9 Å². The standard InChI is InChI=1S/C15H19N3O4/c1-9(2)11-8-21-15-4-5-17(12(15)7-13(19)18(11)15)14(20)10-3-6-22-16-10/h3,6,9,11-12H,4-5,7-8H2,1-2H3/t11-,12+,15-/m0/s1. The molecular weight excluding hydrogens is 286 g/mol. The van der Waals surface area contributed by atoms with E-state index in [9.17, 15) is 9.59 Å². The number of ether oxygens (including phenoxy) is 1. The molecule has 0 aliphatic carbocycles. The van der Waals surface area contributed by atoms with Crippen LogP contribution in [-0.2, 0) is 9.53 Å². The summed E-state index contributed by atoms with van der Waals surface area (Å²) >= 11 is 0. The van der Waals surface area contributed by atoms with Crippen molar-refractivity contribution in [3.8, 4) is 0 Å². The summed E-state index contributed by atoms with van der Waals surface area (Å²) in [4.78, 5) is 28.7. The number of aromatic nitrogens is 1. The molecule has 4 heterocycles. The van der Waals surface area contributed by atoms with Gasteiger partial charge in [0.25, 0.3) is 5.91 Å². The van der Waals surface area contributed by atoms with Gasteiger partial charge in [-0.1, -0.05) is 19.0 Å². The maximum atomic E-state index is 12.6. The molecule has 3 fully saturated rings. The van der Waals surface area contributed by atoms with Gasteiger partial charge in [0.2, 0.25) is 5.91 Å². The van der Waals surface area contributed by atoms with Crippen molar-refractivity contribution in [2.24, 2.45) is 5.92 Å². The second kappa shape index (κ2) is 4.55. The number of hydrogen-bond donors (Lipinski definition) is 0. The van der Waals surface area contributed by atoms with Gasteiger partial charge in [-0.25, -0.2) is 0 Å². The Bertz CT molecular complexity index is 614. The maximum Gasteiger partial charge on any atom is 0.276 e. The number of nitrogens with zero attached hydrogens (tertiary/aromatic N) is 3. The van der Waals surface area contributed by atoms with Crippen LogP contribution in [0.2, 0.25) is 0 Å². The van der Waals surface area contributed by atoms with Crippen LogP contribution in [0.3, 0.4) is 0 Å². The van der Waals surface area contributed by atoms with Crippen LogP contribution in [0.5, 0.6) is 0 Å². The Morgan fingerprint density at radius 3 is 3.00 bits per heavy atom. The van der Waals surface area contributed by atoms with Crippen molar-refractivity contribution in [3.05, 3.63) is 18.0 Å². The summed E-state index contributed by atoms with van der Waals surface area (Å²) in [5, 5.41) is 3.71. The van der Waals surface area contributed by atoms with Crippen LogP contribution in [-0.4, -0.2) is 57.7 Å². The third kappa shape index (κ3) is 1.63. The summed E-state index contributed by atoms with van der Waals surface area (Å²) < 4.78 is 10.9. The lowest BCUT2D eigenvalue weighted by Crippen LogP contribution is -2.51. The highest BCUT2D eigenvalue weighted by Gasteiger charge is 2.65. The van der Waals surface area contributed by atoms with Crippen molar-refractivity contribution in [2.75, 3.05) is 13.2 Å². The summed E-state index contributed by atoms with van der Waals surface area (Å²) in [6, 6.07) is 1.42. The lowest BCUT2D eigenvalue weighted by atomic mass is 10.0. The van der Waals surface area contributed by atoms with Gasteiger partial charge in [0.1, 0.15) is 6.26 Å². The molecule has 3 atom stereocenters. The molecule has 1 aromatic rings. The van der Waals surface area contributed by atoms with Crippen molar-refractivity contribution in [2.45, 2.75) is 44.5 Å². The Hall–Kier alpha value is -1.89. The van der Waals surface area contributed by atoms with E-state index >= 15 is 0 Å². The number of carbonyl (C=O) groups excluding carboxylic acids is 2.